The van der Waals surface area contributed by atoms with Gasteiger partial charge >= 0.3 is 0 Å². The van der Waals surface area contributed by atoms with Gasteiger partial charge < -0.3 is 19.7 Å². The average Bonchev–Trinajstić information content (AvgIpc) is 3.48. The number of rotatable bonds is 9. The minimum absolute atomic E-state index is 0.172. The molecule has 11 nitrogen and oxygen atoms in total. The zero-order valence-electron chi connectivity index (χ0n) is 17.8. The Labute approximate surface area is 189 Å². The third-order valence-electron chi connectivity index (χ3n) is 4.91. The Morgan fingerprint density at radius 3 is 2.75 bits per heavy atom. The second-order valence-corrected chi connectivity index (χ2v) is 8.01. The average molecular weight is 457 g/mol. The second-order valence-electron chi connectivity index (χ2n) is 7.03. The molecule has 1 fully saturated rings. The minimum atomic E-state index is -0.755. The first-order valence-corrected chi connectivity index (χ1v) is 11.0. The molecule has 2 aromatic heterocycles. The Morgan fingerprint density at radius 2 is 2.03 bits per heavy atom. The van der Waals surface area contributed by atoms with Crippen LogP contribution in [0.4, 0.5) is 16.2 Å². The summed E-state index contributed by atoms with van der Waals surface area (Å²) in [6, 6.07) is 7.38. The zero-order valence-corrected chi connectivity index (χ0v) is 18.6. The summed E-state index contributed by atoms with van der Waals surface area (Å²) in [4.78, 5) is 19.1. The summed E-state index contributed by atoms with van der Waals surface area (Å²) < 4.78 is 10.8. The maximum atomic E-state index is 12.8. The Balaban J connectivity index is 1.35. The van der Waals surface area contributed by atoms with Gasteiger partial charge in [-0.3, -0.25) is 10.1 Å². The van der Waals surface area contributed by atoms with Crippen LogP contribution in [-0.4, -0.2) is 64.1 Å². The van der Waals surface area contributed by atoms with Crippen LogP contribution < -0.4 is 20.3 Å². The van der Waals surface area contributed by atoms with Gasteiger partial charge in [0, 0.05) is 25.7 Å². The van der Waals surface area contributed by atoms with Crippen LogP contribution in [0.15, 0.2) is 36.7 Å². The van der Waals surface area contributed by atoms with Crippen molar-refractivity contribution in [2.24, 2.45) is 0 Å². The lowest BCUT2D eigenvalue weighted by Gasteiger charge is -2.16. The van der Waals surface area contributed by atoms with Gasteiger partial charge in [0.2, 0.25) is 16.2 Å². The van der Waals surface area contributed by atoms with E-state index in [4.69, 9.17) is 9.47 Å². The number of nitrogens with one attached hydrogen (secondary N) is 2. The van der Waals surface area contributed by atoms with E-state index in [1.807, 2.05) is 19.1 Å². The predicted molar refractivity (Wildman–Crippen MR) is 120 cm³/mol. The highest BCUT2D eigenvalue weighted by Gasteiger charge is 2.26. The first-order chi connectivity index (χ1) is 15.7. The molecule has 168 valence electrons. The Hall–Kier alpha value is -3.38. The summed E-state index contributed by atoms with van der Waals surface area (Å²) in [5.41, 5.74) is 0.733. The molecule has 1 saturated heterocycles. The summed E-state index contributed by atoms with van der Waals surface area (Å²) in [5.74, 6) is 1.02. The summed E-state index contributed by atoms with van der Waals surface area (Å²) in [6.45, 7) is 3.80. The number of hydrogen-bond acceptors (Lipinski definition) is 11. The Kier molecular flexibility index (Phi) is 7.02. The molecule has 1 amide bonds. The van der Waals surface area contributed by atoms with E-state index in [1.165, 1.54) is 11.3 Å². The van der Waals surface area contributed by atoms with Crippen molar-refractivity contribution < 1.29 is 14.3 Å². The molecular weight excluding hydrogens is 432 g/mol. The lowest BCUT2D eigenvalue weighted by Crippen LogP contribution is -2.27. The molecule has 3 heterocycles. The van der Waals surface area contributed by atoms with E-state index in [9.17, 15) is 4.79 Å². The van der Waals surface area contributed by atoms with Crippen LogP contribution in [-0.2, 0) is 9.53 Å². The molecule has 0 aliphatic carbocycles. The maximum Gasteiger partial charge on any atom is 0.259 e. The monoisotopic (exact) mass is 456 g/mol. The van der Waals surface area contributed by atoms with Crippen molar-refractivity contribution in [1.29, 1.82) is 0 Å². The molecule has 1 aliphatic heterocycles. The Bertz CT molecular complexity index is 1020. The zero-order chi connectivity index (χ0) is 22.3. The number of anilines is 3. The van der Waals surface area contributed by atoms with Crippen LogP contribution in [0.3, 0.4) is 0 Å². The van der Waals surface area contributed by atoms with E-state index in [2.05, 4.69) is 40.9 Å². The molecule has 2 atom stereocenters. The molecule has 0 bridgehead atoms. The summed E-state index contributed by atoms with van der Waals surface area (Å²) in [7, 11) is 1.60. The van der Waals surface area contributed by atoms with Gasteiger partial charge in [0.1, 0.15) is 5.75 Å². The smallest absolute Gasteiger partial charge is 0.259 e. The molecule has 1 aliphatic rings. The van der Waals surface area contributed by atoms with Gasteiger partial charge in [-0.05, 0) is 31.0 Å². The number of carbonyl (C=O) groups excluding carboxylic acids is 1. The van der Waals surface area contributed by atoms with E-state index in [1.54, 1.807) is 31.6 Å². The molecular formula is C20H24N8O3S. The quantitative estimate of drug-likeness (QED) is 0.494. The van der Waals surface area contributed by atoms with Crippen molar-refractivity contribution in [2.75, 3.05) is 42.3 Å². The fourth-order valence-electron chi connectivity index (χ4n) is 3.39. The first kappa shape index (κ1) is 21.8. The summed E-state index contributed by atoms with van der Waals surface area (Å²) in [6.07, 6.45) is 3.33. The van der Waals surface area contributed by atoms with Gasteiger partial charge in [-0.15, -0.1) is 15.3 Å². The van der Waals surface area contributed by atoms with Crippen molar-refractivity contribution in [3.8, 4) is 5.75 Å². The molecule has 0 spiro atoms. The highest BCUT2D eigenvalue weighted by molar-refractivity contribution is 7.19. The number of ether oxygens (including phenoxy) is 2. The largest absolute Gasteiger partial charge is 0.497 e. The van der Waals surface area contributed by atoms with Crippen LogP contribution >= 0.6 is 11.3 Å². The molecule has 0 radical (unpaired) electrons. The molecule has 4 rings (SSSR count). The number of carbonyl (C=O) groups is 1. The molecule has 1 aromatic carbocycles. The van der Waals surface area contributed by atoms with Crippen LogP contribution in [0.1, 0.15) is 25.0 Å². The number of methoxy groups -OCH3 is 1. The van der Waals surface area contributed by atoms with E-state index < -0.39 is 6.10 Å². The van der Waals surface area contributed by atoms with E-state index >= 15 is 0 Å². The molecule has 0 unspecified atom stereocenters. The Morgan fingerprint density at radius 1 is 1.22 bits per heavy atom. The fourth-order valence-corrected chi connectivity index (χ4v) is 4.12. The van der Waals surface area contributed by atoms with Crippen molar-refractivity contribution in [2.45, 2.75) is 25.5 Å². The first-order valence-electron chi connectivity index (χ1n) is 10.2. The number of benzene rings is 1. The SMILES string of the molecule is CCO[C@H](C(=O)Nc1nnc(N[C@@H]2CCN(c3nccnn3)C2)s1)c1ccc(OC)cc1. The molecule has 32 heavy (non-hydrogen) atoms. The highest BCUT2D eigenvalue weighted by Crippen LogP contribution is 2.26. The van der Waals surface area contributed by atoms with Crippen molar-refractivity contribution in [1.82, 2.24) is 25.4 Å². The number of hydrogen-bond donors (Lipinski definition) is 2. The summed E-state index contributed by atoms with van der Waals surface area (Å²) >= 11 is 1.28. The maximum absolute atomic E-state index is 12.8. The third-order valence-corrected chi connectivity index (χ3v) is 5.68. The predicted octanol–water partition coefficient (Wildman–Crippen LogP) is 2.14. The topological polar surface area (TPSA) is 127 Å². The van der Waals surface area contributed by atoms with E-state index in [0.29, 0.717) is 28.6 Å². The minimum Gasteiger partial charge on any atom is -0.497 e. The van der Waals surface area contributed by atoms with Gasteiger partial charge in [-0.25, -0.2) is 4.98 Å². The van der Waals surface area contributed by atoms with E-state index in [0.717, 1.165) is 25.1 Å². The third kappa shape index (κ3) is 5.26. The van der Waals surface area contributed by atoms with Gasteiger partial charge in [0.25, 0.3) is 5.91 Å². The van der Waals surface area contributed by atoms with E-state index in [-0.39, 0.29) is 11.9 Å². The van der Waals surface area contributed by atoms with Crippen molar-refractivity contribution in [3.63, 3.8) is 0 Å². The molecule has 0 saturated carbocycles. The normalized spacial score (nSPS) is 16.6. The molecule has 12 heteroatoms. The number of aromatic nitrogens is 5. The van der Waals surface area contributed by atoms with Crippen LogP contribution in [0.2, 0.25) is 0 Å². The molecule has 3 aromatic rings. The standard InChI is InChI=1S/C20H24N8O3S/c1-3-31-16(13-4-6-15(30-2)7-5-13)17(29)24-20-27-26-19(32-20)23-14-8-11-28(12-14)18-21-9-10-22-25-18/h4-7,9-10,14,16H,3,8,11-12H2,1-2H3,(H,23,26)(H,24,27,29)/t14-,16+/m1/s1. The van der Waals surface area contributed by atoms with Crippen molar-refractivity contribution >= 4 is 33.5 Å². The van der Waals surface area contributed by atoms with Crippen LogP contribution in [0.25, 0.3) is 0 Å². The number of amides is 1. The highest BCUT2D eigenvalue weighted by atomic mass is 32.1. The lowest BCUT2D eigenvalue weighted by atomic mass is 10.1. The van der Waals surface area contributed by atoms with Crippen LogP contribution in [0, 0.1) is 0 Å². The number of nitrogens with zero attached hydrogens (tertiary/aromatic N) is 6. The van der Waals surface area contributed by atoms with Crippen molar-refractivity contribution in [3.05, 3.63) is 42.2 Å². The van der Waals surface area contributed by atoms with Gasteiger partial charge in [-0.2, -0.15) is 5.10 Å². The summed E-state index contributed by atoms with van der Waals surface area (Å²) in [5, 5.41) is 23.4. The van der Waals surface area contributed by atoms with Gasteiger partial charge in [0.15, 0.2) is 6.10 Å². The fraction of sp³-hybridized carbons (Fsp3) is 0.400. The van der Waals surface area contributed by atoms with Gasteiger partial charge in [-0.1, -0.05) is 23.5 Å². The molecule has 2 N–H and O–H groups in total. The second kappa shape index (κ2) is 10.3. The lowest BCUT2D eigenvalue weighted by molar-refractivity contribution is -0.127. The van der Waals surface area contributed by atoms with Crippen LogP contribution in [0.5, 0.6) is 5.75 Å². The van der Waals surface area contributed by atoms with Gasteiger partial charge in [0.05, 0.1) is 19.5 Å².